The number of hydrogen-bond donors (Lipinski definition) is 1. The fourth-order valence-electron chi connectivity index (χ4n) is 3.96. The molecule has 0 radical (unpaired) electrons. The summed E-state index contributed by atoms with van der Waals surface area (Å²) < 4.78 is 30.2. The van der Waals surface area contributed by atoms with E-state index in [4.69, 9.17) is 13.8 Å². The highest BCUT2D eigenvalue weighted by Crippen LogP contribution is 2.46. The zero-order valence-electron chi connectivity index (χ0n) is 17.9. The Morgan fingerprint density at radius 1 is 1.16 bits per heavy atom. The summed E-state index contributed by atoms with van der Waals surface area (Å²) in [5.74, 6) is -0.127. The fourth-order valence-corrected chi connectivity index (χ4v) is 5.46. The maximum absolute atomic E-state index is 13.5. The largest absolute Gasteiger partial charge is 0.460 e. The van der Waals surface area contributed by atoms with E-state index < -0.39 is 25.8 Å². The lowest BCUT2D eigenvalue weighted by atomic mass is 9.99. The van der Waals surface area contributed by atoms with Gasteiger partial charge in [0.25, 0.3) is 0 Å². The number of para-hydroxylation sites is 1. The lowest BCUT2D eigenvalue weighted by Gasteiger charge is -2.27. The highest BCUT2D eigenvalue weighted by molar-refractivity contribution is 7.52. The van der Waals surface area contributed by atoms with E-state index in [0.717, 1.165) is 18.5 Å². The predicted octanol–water partition coefficient (Wildman–Crippen LogP) is 3.18. The van der Waals surface area contributed by atoms with Crippen LogP contribution < -0.4 is 9.61 Å². The lowest BCUT2D eigenvalue weighted by Crippen LogP contribution is -2.41. The Morgan fingerprint density at radius 3 is 2.50 bits per heavy atom. The van der Waals surface area contributed by atoms with Gasteiger partial charge in [0.05, 0.1) is 12.6 Å². The average Bonchev–Trinajstić information content (AvgIpc) is 3.39. The first kappa shape index (κ1) is 22.7. The molecule has 4 rings (SSSR count). The standard InChI is InChI=1S/C23H27N2O6P/c1-17(23(27)29-15-18-8-4-2-5-9-18)24-32(28,31-20-10-6-3-7-11-20)30-16-21-22(26)19-12-13-25(21)14-19/h2-11,17,19,21H,12-16H2,1H3,(H,24,28)/t17-,19?,21?,32?/m0/s1. The van der Waals surface area contributed by atoms with E-state index in [2.05, 4.69) is 5.09 Å². The van der Waals surface area contributed by atoms with Crippen LogP contribution in [0.5, 0.6) is 5.75 Å². The molecule has 0 aliphatic carbocycles. The number of ketones is 1. The number of fused-ring (bicyclic) bond motifs is 2. The molecule has 2 heterocycles. The van der Waals surface area contributed by atoms with E-state index in [9.17, 15) is 14.2 Å². The van der Waals surface area contributed by atoms with Crippen molar-refractivity contribution in [1.29, 1.82) is 0 Å². The monoisotopic (exact) mass is 458 g/mol. The van der Waals surface area contributed by atoms with Crippen molar-refractivity contribution >= 4 is 19.5 Å². The SMILES string of the molecule is C[C@H](NP(=O)(OCC1C(=O)C2CCN1C2)Oc1ccccc1)C(=O)OCc1ccccc1. The van der Waals surface area contributed by atoms with Gasteiger partial charge in [0.15, 0.2) is 5.78 Å². The van der Waals surface area contributed by atoms with Crippen LogP contribution in [0.15, 0.2) is 60.7 Å². The predicted molar refractivity (Wildman–Crippen MR) is 118 cm³/mol. The van der Waals surface area contributed by atoms with Crippen LogP contribution >= 0.6 is 7.75 Å². The second-order valence-electron chi connectivity index (χ2n) is 8.04. The van der Waals surface area contributed by atoms with Crippen molar-refractivity contribution in [1.82, 2.24) is 9.99 Å². The van der Waals surface area contributed by atoms with Gasteiger partial charge in [-0.05, 0) is 37.6 Å². The molecule has 2 aliphatic heterocycles. The van der Waals surface area contributed by atoms with Gasteiger partial charge in [-0.1, -0.05) is 48.5 Å². The van der Waals surface area contributed by atoms with Crippen LogP contribution in [0.2, 0.25) is 0 Å². The summed E-state index contributed by atoms with van der Waals surface area (Å²) in [6.07, 6.45) is 0.857. The highest BCUT2D eigenvalue weighted by atomic mass is 31.2. The Hall–Kier alpha value is -2.51. The van der Waals surface area contributed by atoms with Crippen LogP contribution in [0.3, 0.4) is 0 Å². The quantitative estimate of drug-likeness (QED) is 0.429. The van der Waals surface area contributed by atoms with E-state index >= 15 is 0 Å². The van der Waals surface area contributed by atoms with E-state index in [-0.39, 0.29) is 24.9 Å². The molecule has 2 aliphatic rings. The van der Waals surface area contributed by atoms with Gasteiger partial charge in [-0.25, -0.2) is 4.57 Å². The maximum Gasteiger partial charge on any atom is 0.459 e. The number of piperidine rings is 1. The Labute approximate surface area is 187 Å². The summed E-state index contributed by atoms with van der Waals surface area (Å²) in [5, 5.41) is 2.67. The fraction of sp³-hybridized carbons (Fsp3) is 0.391. The lowest BCUT2D eigenvalue weighted by molar-refractivity contribution is -0.146. The zero-order chi connectivity index (χ0) is 22.6. The Balaban J connectivity index is 1.40. The van der Waals surface area contributed by atoms with Crippen molar-refractivity contribution in [3.05, 3.63) is 66.2 Å². The van der Waals surface area contributed by atoms with Crippen LogP contribution in [0.4, 0.5) is 0 Å². The number of benzene rings is 2. The van der Waals surface area contributed by atoms with Crippen molar-refractivity contribution in [2.75, 3.05) is 19.7 Å². The van der Waals surface area contributed by atoms with Gasteiger partial charge < -0.3 is 9.26 Å². The minimum absolute atomic E-state index is 0.0258. The van der Waals surface area contributed by atoms with Gasteiger partial charge in [-0.15, -0.1) is 0 Å². The van der Waals surface area contributed by atoms with Crippen molar-refractivity contribution < 1.29 is 27.9 Å². The van der Waals surface area contributed by atoms with E-state index in [0.29, 0.717) is 12.3 Å². The minimum atomic E-state index is -3.98. The third-order valence-electron chi connectivity index (χ3n) is 5.69. The third-order valence-corrected chi connectivity index (χ3v) is 7.34. The van der Waals surface area contributed by atoms with Crippen LogP contribution in [0.1, 0.15) is 18.9 Å². The van der Waals surface area contributed by atoms with E-state index in [1.54, 1.807) is 30.3 Å². The molecule has 2 aromatic rings. The molecular weight excluding hydrogens is 431 g/mol. The minimum Gasteiger partial charge on any atom is -0.460 e. The zero-order valence-corrected chi connectivity index (χ0v) is 18.8. The molecule has 0 amide bonds. The maximum atomic E-state index is 13.5. The third kappa shape index (κ3) is 5.45. The first-order valence-electron chi connectivity index (χ1n) is 10.7. The summed E-state index contributed by atoms with van der Waals surface area (Å²) in [6.45, 7) is 3.10. The van der Waals surface area contributed by atoms with Crippen LogP contribution in [-0.4, -0.2) is 48.4 Å². The van der Waals surface area contributed by atoms with Gasteiger partial charge in [0.1, 0.15) is 18.4 Å². The van der Waals surface area contributed by atoms with Gasteiger partial charge in [-0.3, -0.25) is 19.0 Å². The molecule has 4 unspecified atom stereocenters. The van der Waals surface area contributed by atoms with Gasteiger partial charge >= 0.3 is 13.7 Å². The van der Waals surface area contributed by atoms with Gasteiger partial charge in [-0.2, -0.15) is 5.09 Å². The molecule has 32 heavy (non-hydrogen) atoms. The summed E-state index contributed by atoms with van der Waals surface area (Å²) in [6, 6.07) is 16.4. The Kier molecular flexibility index (Phi) is 7.06. The molecule has 2 aromatic carbocycles. The molecule has 2 saturated heterocycles. The molecule has 0 spiro atoms. The molecule has 170 valence electrons. The number of hydrogen-bond acceptors (Lipinski definition) is 7. The van der Waals surface area contributed by atoms with Gasteiger partial charge in [0, 0.05) is 12.5 Å². The second-order valence-corrected chi connectivity index (χ2v) is 9.73. The van der Waals surface area contributed by atoms with E-state index in [1.165, 1.54) is 6.92 Å². The molecule has 8 nitrogen and oxygen atoms in total. The molecule has 0 saturated carbocycles. The number of nitrogens with zero attached hydrogens (tertiary/aromatic N) is 1. The second kappa shape index (κ2) is 9.96. The number of carbonyl (C=O) groups is 2. The first-order valence-corrected chi connectivity index (χ1v) is 12.2. The Morgan fingerprint density at radius 2 is 1.84 bits per heavy atom. The molecule has 0 aromatic heterocycles. The number of Topliss-reactive ketones (excluding diaryl/α,β-unsaturated/α-hetero) is 1. The number of ether oxygens (including phenoxy) is 1. The number of esters is 1. The molecule has 9 heteroatoms. The van der Waals surface area contributed by atoms with Crippen LogP contribution in [-0.2, 0) is 30.0 Å². The van der Waals surface area contributed by atoms with Crippen LogP contribution in [0, 0.1) is 5.92 Å². The normalized spacial score (nSPS) is 24.7. The topological polar surface area (TPSA) is 94.2 Å². The van der Waals surface area contributed by atoms with Crippen molar-refractivity contribution in [2.24, 2.45) is 5.92 Å². The molecular formula is C23H27N2O6P. The summed E-state index contributed by atoms with van der Waals surface area (Å²) >= 11 is 0. The summed E-state index contributed by atoms with van der Waals surface area (Å²) in [4.78, 5) is 27.0. The van der Waals surface area contributed by atoms with E-state index in [1.807, 2.05) is 35.2 Å². The number of carbonyl (C=O) groups excluding carboxylic acids is 2. The summed E-state index contributed by atoms with van der Waals surface area (Å²) in [7, 11) is -3.98. The average molecular weight is 458 g/mol. The molecule has 2 fully saturated rings. The number of rotatable bonds is 10. The highest BCUT2D eigenvalue weighted by Gasteiger charge is 2.46. The van der Waals surface area contributed by atoms with Gasteiger partial charge in [0.2, 0.25) is 0 Å². The van der Waals surface area contributed by atoms with Crippen molar-refractivity contribution in [2.45, 2.75) is 32.0 Å². The van der Waals surface area contributed by atoms with Crippen molar-refractivity contribution in [3.8, 4) is 5.75 Å². The molecule has 5 atom stereocenters. The summed E-state index contributed by atoms with van der Waals surface area (Å²) in [5.41, 5.74) is 0.844. The molecule has 2 bridgehead atoms. The van der Waals surface area contributed by atoms with Crippen molar-refractivity contribution in [3.63, 3.8) is 0 Å². The smallest absolute Gasteiger partial charge is 0.459 e. The number of nitrogens with one attached hydrogen (secondary N) is 1. The Bertz CT molecular complexity index is 986. The van der Waals surface area contributed by atoms with Crippen LogP contribution in [0.25, 0.3) is 0 Å². The first-order chi connectivity index (χ1) is 15.4. The molecule has 1 N–H and O–H groups in total.